The molecule has 0 fully saturated rings. The first kappa shape index (κ1) is 14.2. The highest BCUT2D eigenvalue weighted by Gasteiger charge is 2.20. The van der Waals surface area contributed by atoms with Crippen LogP contribution in [0.2, 0.25) is 0 Å². The van der Waals surface area contributed by atoms with Gasteiger partial charge in [-0.25, -0.2) is 8.42 Å². The summed E-state index contributed by atoms with van der Waals surface area (Å²) in [4.78, 5) is 0.365. The summed E-state index contributed by atoms with van der Waals surface area (Å²) in [6.45, 7) is 3.89. The Morgan fingerprint density at radius 2 is 2.00 bits per heavy atom. The zero-order valence-electron chi connectivity index (χ0n) is 10.4. The number of nitrogens with two attached hydrogens (primary N) is 1. The van der Waals surface area contributed by atoms with Crippen molar-refractivity contribution in [1.82, 2.24) is 0 Å². The van der Waals surface area contributed by atoms with Crippen molar-refractivity contribution in [2.45, 2.75) is 24.8 Å². The normalized spacial score (nSPS) is 13.6. The van der Waals surface area contributed by atoms with Crippen LogP contribution in [0.1, 0.15) is 11.1 Å². The van der Waals surface area contributed by atoms with Crippen LogP contribution >= 0.6 is 0 Å². The monoisotopic (exact) mass is 257 g/mol. The Kier molecular flexibility index (Phi) is 4.68. The van der Waals surface area contributed by atoms with Crippen molar-refractivity contribution >= 4 is 9.84 Å². The molecule has 1 atom stereocenters. The average Bonchev–Trinajstić information content (AvgIpc) is 2.21. The first-order valence-electron chi connectivity index (χ1n) is 5.41. The molecular formula is C12H19NO3S. The van der Waals surface area contributed by atoms with E-state index < -0.39 is 15.9 Å². The van der Waals surface area contributed by atoms with Crippen molar-refractivity contribution in [3.8, 4) is 0 Å². The van der Waals surface area contributed by atoms with Crippen molar-refractivity contribution in [1.29, 1.82) is 0 Å². The van der Waals surface area contributed by atoms with E-state index in [-0.39, 0.29) is 12.4 Å². The number of hydrogen-bond donors (Lipinski definition) is 1. The minimum atomic E-state index is -3.34. The molecule has 1 rings (SSSR count). The van der Waals surface area contributed by atoms with Crippen LogP contribution in [0.15, 0.2) is 23.1 Å². The predicted octanol–water partition coefficient (Wildman–Crippen LogP) is 1.05. The van der Waals surface area contributed by atoms with E-state index in [1.165, 1.54) is 7.11 Å². The summed E-state index contributed by atoms with van der Waals surface area (Å²) in [5.74, 6) is -0.0921. The van der Waals surface area contributed by atoms with E-state index >= 15 is 0 Å². The van der Waals surface area contributed by atoms with E-state index in [4.69, 9.17) is 10.5 Å². The van der Waals surface area contributed by atoms with Crippen LogP contribution in [-0.4, -0.2) is 33.9 Å². The van der Waals surface area contributed by atoms with Gasteiger partial charge in [-0.15, -0.1) is 0 Å². The number of rotatable bonds is 5. The molecule has 0 aliphatic carbocycles. The maximum absolute atomic E-state index is 12.2. The molecule has 0 saturated heterocycles. The highest BCUT2D eigenvalue weighted by Crippen LogP contribution is 2.18. The molecule has 96 valence electrons. The Labute approximate surface area is 103 Å². The predicted molar refractivity (Wildman–Crippen MR) is 67.8 cm³/mol. The lowest BCUT2D eigenvalue weighted by Gasteiger charge is -2.13. The second-order valence-corrected chi connectivity index (χ2v) is 6.27. The van der Waals surface area contributed by atoms with Gasteiger partial charge in [-0.1, -0.05) is 12.1 Å². The molecular weight excluding hydrogens is 238 g/mol. The molecule has 0 aliphatic rings. The molecule has 0 saturated carbocycles. The number of methoxy groups -OCH3 is 1. The van der Waals surface area contributed by atoms with Gasteiger partial charge in [0.2, 0.25) is 0 Å². The van der Waals surface area contributed by atoms with Crippen LogP contribution in [0.4, 0.5) is 0 Å². The Balaban J connectivity index is 3.01. The highest BCUT2D eigenvalue weighted by molar-refractivity contribution is 7.91. The number of aryl methyl sites for hydroxylation is 2. The number of benzene rings is 1. The van der Waals surface area contributed by atoms with Crippen molar-refractivity contribution in [3.05, 3.63) is 29.3 Å². The van der Waals surface area contributed by atoms with Crippen LogP contribution in [0.25, 0.3) is 0 Å². The van der Waals surface area contributed by atoms with Crippen molar-refractivity contribution in [2.75, 3.05) is 19.5 Å². The quantitative estimate of drug-likeness (QED) is 0.856. The zero-order valence-corrected chi connectivity index (χ0v) is 11.3. The third-order valence-electron chi connectivity index (χ3n) is 2.49. The van der Waals surface area contributed by atoms with Gasteiger partial charge in [-0.05, 0) is 31.0 Å². The fourth-order valence-corrected chi connectivity index (χ4v) is 3.44. The number of ether oxygens (including phenoxy) is 1. The van der Waals surface area contributed by atoms with Gasteiger partial charge in [0.25, 0.3) is 0 Å². The molecule has 1 aromatic carbocycles. The van der Waals surface area contributed by atoms with E-state index in [1.54, 1.807) is 13.0 Å². The van der Waals surface area contributed by atoms with E-state index in [1.807, 2.05) is 19.1 Å². The summed E-state index contributed by atoms with van der Waals surface area (Å²) in [6, 6.07) is 4.89. The number of hydrogen-bond acceptors (Lipinski definition) is 4. The molecule has 1 unspecified atom stereocenters. The Morgan fingerprint density at radius 1 is 1.35 bits per heavy atom. The highest BCUT2D eigenvalue weighted by atomic mass is 32.2. The lowest BCUT2D eigenvalue weighted by molar-refractivity contribution is 0.186. The van der Waals surface area contributed by atoms with Gasteiger partial charge in [0.05, 0.1) is 17.3 Å². The molecule has 5 heteroatoms. The van der Waals surface area contributed by atoms with Crippen molar-refractivity contribution in [2.24, 2.45) is 5.73 Å². The van der Waals surface area contributed by atoms with Crippen molar-refractivity contribution < 1.29 is 13.2 Å². The van der Waals surface area contributed by atoms with Gasteiger partial charge >= 0.3 is 0 Å². The largest absolute Gasteiger partial charge is 0.383 e. The topological polar surface area (TPSA) is 69.4 Å². The second kappa shape index (κ2) is 5.62. The first-order valence-corrected chi connectivity index (χ1v) is 7.06. The minimum Gasteiger partial charge on any atom is -0.383 e. The molecule has 0 amide bonds. The van der Waals surface area contributed by atoms with Gasteiger partial charge in [-0.3, -0.25) is 0 Å². The van der Waals surface area contributed by atoms with Gasteiger partial charge in [0.15, 0.2) is 9.84 Å². The van der Waals surface area contributed by atoms with E-state index in [0.717, 1.165) is 11.1 Å². The summed E-state index contributed by atoms with van der Waals surface area (Å²) in [5.41, 5.74) is 7.37. The van der Waals surface area contributed by atoms with Crippen LogP contribution in [0, 0.1) is 13.8 Å². The molecule has 0 bridgehead atoms. The molecule has 2 N–H and O–H groups in total. The Hall–Kier alpha value is -0.910. The third kappa shape index (κ3) is 3.80. The Bertz CT molecular complexity index is 483. The maximum atomic E-state index is 12.2. The van der Waals surface area contributed by atoms with Crippen LogP contribution in [0.5, 0.6) is 0 Å². The lowest BCUT2D eigenvalue weighted by atomic mass is 10.2. The van der Waals surface area contributed by atoms with E-state index in [9.17, 15) is 8.42 Å². The average molecular weight is 257 g/mol. The summed E-state index contributed by atoms with van der Waals surface area (Å²) in [6.07, 6.45) is 0. The number of sulfone groups is 1. The minimum absolute atomic E-state index is 0.0921. The van der Waals surface area contributed by atoms with Gasteiger partial charge in [0.1, 0.15) is 0 Å². The first-order chi connectivity index (χ1) is 7.86. The second-order valence-electron chi connectivity index (χ2n) is 4.27. The fourth-order valence-electron chi connectivity index (χ4n) is 1.68. The SMILES string of the molecule is COCC(N)CS(=O)(=O)c1cc(C)ccc1C. The third-order valence-corrected chi connectivity index (χ3v) is 4.47. The fraction of sp³-hybridized carbons (Fsp3) is 0.500. The maximum Gasteiger partial charge on any atom is 0.180 e. The summed E-state index contributed by atoms with van der Waals surface area (Å²) in [7, 11) is -1.84. The standard InChI is InChI=1S/C12H19NO3S/c1-9-4-5-10(2)12(6-9)17(14,15)8-11(13)7-16-3/h4-6,11H,7-8,13H2,1-3H3. The molecule has 1 aromatic rings. The van der Waals surface area contributed by atoms with Crippen LogP contribution < -0.4 is 5.73 Å². The van der Waals surface area contributed by atoms with Gasteiger partial charge in [-0.2, -0.15) is 0 Å². The van der Waals surface area contributed by atoms with Gasteiger partial charge in [0, 0.05) is 13.2 Å². The summed E-state index contributed by atoms with van der Waals surface area (Å²) >= 11 is 0. The van der Waals surface area contributed by atoms with Crippen molar-refractivity contribution in [3.63, 3.8) is 0 Å². The summed E-state index contributed by atoms with van der Waals surface area (Å²) < 4.78 is 29.2. The van der Waals surface area contributed by atoms with Crippen LogP contribution in [-0.2, 0) is 14.6 Å². The smallest absolute Gasteiger partial charge is 0.180 e. The molecule has 0 aliphatic heterocycles. The Morgan fingerprint density at radius 3 is 2.59 bits per heavy atom. The molecule has 17 heavy (non-hydrogen) atoms. The molecule has 0 heterocycles. The van der Waals surface area contributed by atoms with Gasteiger partial charge < -0.3 is 10.5 Å². The molecule has 0 spiro atoms. The summed E-state index contributed by atoms with van der Waals surface area (Å²) in [5, 5.41) is 0. The van der Waals surface area contributed by atoms with E-state index in [0.29, 0.717) is 4.90 Å². The van der Waals surface area contributed by atoms with Crippen LogP contribution in [0.3, 0.4) is 0 Å². The lowest BCUT2D eigenvalue weighted by Crippen LogP contribution is -2.34. The molecule has 0 aromatic heterocycles. The van der Waals surface area contributed by atoms with E-state index in [2.05, 4.69) is 0 Å². The molecule has 4 nitrogen and oxygen atoms in total. The molecule has 0 radical (unpaired) electrons. The zero-order chi connectivity index (χ0) is 13.1.